The van der Waals surface area contributed by atoms with Crippen molar-refractivity contribution in [3.63, 3.8) is 0 Å². The van der Waals surface area contributed by atoms with Crippen LogP contribution in [0.4, 0.5) is 0 Å². The highest BCUT2D eigenvalue weighted by Gasteiger charge is 1.94. The summed E-state index contributed by atoms with van der Waals surface area (Å²) in [5.74, 6) is 0. The average Bonchev–Trinajstić information content (AvgIpc) is 1.89. The van der Waals surface area contributed by atoms with Gasteiger partial charge in [0.2, 0.25) is 0 Å². The number of unbranched alkanes of at least 4 members (excludes halogenated alkanes) is 2. The Bertz CT molecular complexity index is 77.5. The van der Waals surface area contributed by atoms with E-state index in [1.807, 2.05) is 0 Å². The fraction of sp³-hybridized carbons (Fsp3) is 0.833. The van der Waals surface area contributed by atoms with Crippen LogP contribution in [0.25, 0.3) is 0 Å². The zero-order valence-corrected chi connectivity index (χ0v) is 6.32. The molecule has 0 rings (SSSR count). The molecule has 0 aromatic carbocycles. The van der Waals surface area contributed by atoms with Gasteiger partial charge in [-0.15, -0.1) is 0 Å². The molecule has 0 heterocycles. The van der Waals surface area contributed by atoms with E-state index in [2.05, 4.69) is 6.92 Å². The molecule has 0 unspecified atom stereocenters. The van der Waals surface area contributed by atoms with E-state index >= 15 is 0 Å². The normalized spacial score (nSPS) is 9.11. The van der Waals surface area contributed by atoms with E-state index in [9.17, 15) is 4.79 Å². The molecule has 0 saturated carbocycles. The van der Waals surface area contributed by atoms with Crippen molar-refractivity contribution in [2.45, 2.75) is 26.2 Å². The Balaban J connectivity index is 2.96. The summed E-state index contributed by atoms with van der Waals surface area (Å²) < 4.78 is 1.02. The van der Waals surface area contributed by atoms with Crippen molar-refractivity contribution in [1.29, 1.82) is 0 Å². The van der Waals surface area contributed by atoms with Crippen molar-refractivity contribution in [3.05, 3.63) is 0 Å². The van der Waals surface area contributed by atoms with Gasteiger partial charge < -0.3 is 0 Å². The molecule has 0 atom stereocenters. The molecule has 9 heavy (non-hydrogen) atoms. The second kappa shape index (κ2) is 5.89. The van der Waals surface area contributed by atoms with Gasteiger partial charge in [-0.25, -0.2) is 4.42 Å². The summed E-state index contributed by atoms with van der Waals surface area (Å²) in [7, 11) is 0. The zero-order valence-electron chi connectivity index (χ0n) is 5.56. The Hall–Kier alpha value is -0.240. The third-order valence-corrected chi connectivity index (χ3v) is 1.30. The first-order valence-corrected chi connectivity index (χ1v) is 3.46. The lowest BCUT2D eigenvalue weighted by atomic mass is 10.2. The third kappa shape index (κ3) is 5.63. The van der Waals surface area contributed by atoms with E-state index in [0.29, 0.717) is 6.54 Å². The highest BCUT2D eigenvalue weighted by Crippen LogP contribution is 1.97. The summed E-state index contributed by atoms with van der Waals surface area (Å²) >= 11 is 5.31. The summed E-state index contributed by atoms with van der Waals surface area (Å²) in [6.45, 7) is 2.71. The van der Waals surface area contributed by atoms with Crippen LogP contribution in [0, 0.1) is 0 Å². The lowest BCUT2D eigenvalue weighted by Crippen LogP contribution is -2.09. The van der Waals surface area contributed by atoms with Gasteiger partial charge in [0.1, 0.15) is 0 Å². The van der Waals surface area contributed by atoms with Crippen molar-refractivity contribution in [1.82, 2.24) is 4.42 Å². The maximum absolute atomic E-state index is 9.77. The molecule has 1 radical (unpaired) electrons. The summed E-state index contributed by atoms with van der Waals surface area (Å²) in [6.07, 6.45) is 4.80. The topological polar surface area (TPSA) is 20.3 Å². The van der Waals surface area contributed by atoms with Gasteiger partial charge in [0.05, 0.1) is 0 Å². The molecule has 0 saturated heterocycles. The second-order valence-corrected chi connectivity index (χ2v) is 2.29. The SMILES string of the molecule is CCCCCN(Cl)[C]=O. The monoisotopic (exact) mass is 148 g/mol. The number of halogens is 1. The Labute approximate surface area is 60.9 Å². The molecule has 2 nitrogen and oxygen atoms in total. The fourth-order valence-electron chi connectivity index (χ4n) is 0.546. The number of hydrogen-bond acceptors (Lipinski definition) is 1. The van der Waals surface area contributed by atoms with Gasteiger partial charge in [0.15, 0.2) is 0 Å². The molecule has 0 aromatic rings. The highest BCUT2D eigenvalue weighted by molar-refractivity contribution is 6.18. The smallest absolute Gasteiger partial charge is 0.262 e. The maximum atomic E-state index is 9.77. The van der Waals surface area contributed by atoms with Crippen molar-refractivity contribution >= 4 is 18.2 Å². The molecule has 0 aliphatic rings. The van der Waals surface area contributed by atoms with E-state index in [1.54, 1.807) is 6.41 Å². The minimum atomic E-state index is 0.610. The van der Waals surface area contributed by atoms with Gasteiger partial charge in [0, 0.05) is 18.3 Å². The fourth-order valence-corrected chi connectivity index (χ4v) is 0.666. The minimum Gasteiger partial charge on any atom is -0.262 e. The predicted octanol–water partition coefficient (Wildman–Crippen LogP) is 1.70. The summed E-state index contributed by atoms with van der Waals surface area (Å²) in [4.78, 5) is 9.77. The first-order chi connectivity index (χ1) is 4.31. The first kappa shape index (κ1) is 8.76. The highest BCUT2D eigenvalue weighted by atomic mass is 35.5. The quantitative estimate of drug-likeness (QED) is 0.330. The number of rotatable bonds is 5. The van der Waals surface area contributed by atoms with Gasteiger partial charge in [-0.3, -0.25) is 4.79 Å². The average molecular weight is 149 g/mol. The Kier molecular flexibility index (Phi) is 5.73. The van der Waals surface area contributed by atoms with E-state index in [-0.39, 0.29) is 0 Å². The van der Waals surface area contributed by atoms with Crippen molar-refractivity contribution in [2.24, 2.45) is 0 Å². The number of amides is 1. The molecule has 0 aliphatic carbocycles. The number of carbonyl (C=O) groups excluding carboxylic acids is 1. The number of hydrogen-bond donors (Lipinski definition) is 0. The lowest BCUT2D eigenvalue weighted by molar-refractivity contribution is 0.487. The van der Waals surface area contributed by atoms with Crippen LogP contribution in [-0.4, -0.2) is 17.4 Å². The molecule has 0 fully saturated rings. The predicted molar refractivity (Wildman–Crippen MR) is 37.8 cm³/mol. The summed E-state index contributed by atoms with van der Waals surface area (Å²) in [5, 5.41) is 0. The standard InChI is InChI=1S/C6H11ClNO/c1-2-3-4-5-8(7)6-9/h2-5H2,1H3. The Morgan fingerprint density at radius 3 is 2.67 bits per heavy atom. The van der Waals surface area contributed by atoms with Crippen molar-refractivity contribution in [3.8, 4) is 0 Å². The molecule has 0 spiro atoms. The van der Waals surface area contributed by atoms with E-state index in [0.717, 1.165) is 23.7 Å². The molecule has 3 heteroatoms. The van der Waals surface area contributed by atoms with Crippen LogP contribution < -0.4 is 0 Å². The molecule has 0 bridgehead atoms. The van der Waals surface area contributed by atoms with Crippen LogP contribution in [-0.2, 0) is 4.79 Å². The second-order valence-electron chi connectivity index (χ2n) is 1.88. The van der Waals surface area contributed by atoms with Gasteiger partial charge in [-0.05, 0) is 6.42 Å². The van der Waals surface area contributed by atoms with E-state index < -0.39 is 0 Å². The number of nitrogens with zero attached hydrogens (tertiary/aromatic N) is 1. The molecule has 0 aliphatic heterocycles. The van der Waals surface area contributed by atoms with Crippen LogP contribution in [0.15, 0.2) is 0 Å². The summed E-state index contributed by atoms with van der Waals surface area (Å²) in [5.41, 5.74) is 0. The van der Waals surface area contributed by atoms with Crippen molar-refractivity contribution in [2.75, 3.05) is 6.54 Å². The van der Waals surface area contributed by atoms with Gasteiger partial charge in [-0.2, -0.15) is 0 Å². The molecular formula is C6H11ClNO. The van der Waals surface area contributed by atoms with Crippen molar-refractivity contribution < 1.29 is 4.79 Å². The third-order valence-electron chi connectivity index (χ3n) is 1.06. The maximum Gasteiger partial charge on any atom is 0.327 e. The Morgan fingerprint density at radius 2 is 2.22 bits per heavy atom. The molecule has 53 valence electrons. The van der Waals surface area contributed by atoms with Crippen LogP contribution in [0.3, 0.4) is 0 Å². The van der Waals surface area contributed by atoms with Crippen LogP contribution in [0.5, 0.6) is 0 Å². The molecule has 1 amide bonds. The van der Waals surface area contributed by atoms with Gasteiger partial charge in [0.25, 0.3) is 0 Å². The molecular weight excluding hydrogens is 138 g/mol. The Morgan fingerprint density at radius 1 is 1.56 bits per heavy atom. The molecule has 0 N–H and O–H groups in total. The zero-order chi connectivity index (χ0) is 7.11. The van der Waals surface area contributed by atoms with Crippen LogP contribution in [0.2, 0.25) is 0 Å². The van der Waals surface area contributed by atoms with Crippen LogP contribution >= 0.6 is 11.8 Å². The van der Waals surface area contributed by atoms with E-state index in [1.165, 1.54) is 0 Å². The minimum absolute atomic E-state index is 0.610. The van der Waals surface area contributed by atoms with Crippen LogP contribution in [0.1, 0.15) is 26.2 Å². The van der Waals surface area contributed by atoms with E-state index in [4.69, 9.17) is 11.8 Å². The largest absolute Gasteiger partial charge is 0.327 e. The van der Waals surface area contributed by atoms with Gasteiger partial charge >= 0.3 is 6.41 Å². The summed E-state index contributed by atoms with van der Waals surface area (Å²) in [6, 6.07) is 0. The molecule has 0 aromatic heterocycles. The van der Waals surface area contributed by atoms with Gasteiger partial charge in [-0.1, -0.05) is 19.8 Å². The first-order valence-electron chi connectivity index (χ1n) is 3.12. The lowest BCUT2D eigenvalue weighted by Gasteiger charge is -2.02.